The maximum absolute atomic E-state index is 5.09. The van der Waals surface area contributed by atoms with Crippen LogP contribution in [0.15, 0.2) is 63.9 Å². The normalized spacial score (nSPS) is 12.0. The molecule has 3 nitrogen and oxygen atoms in total. The molecule has 3 heteroatoms. The quantitative estimate of drug-likeness (QED) is 0.372. The molecule has 0 amide bonds. The van der Waals surface area contributed by atoms with Crippen molar-refractivity contribution in [1.29, 1.82) is 0 Å². The lowest BCUT2D eigenvalue weighted by Gasteiger charge is -1.98. The summed E-state index contributed by atoms with van der Waals surface area (Å²) in [6, 6.07) is 16.6. The summed E-state index contributed by atoms with van der Waals surface area (Å²) in [6.07, 6.45) is 1.61. The number of hydrogen-bond donors (Lipinski definition) is 0. The summed E-state index contributed by atoms with van der Waals surface area (Å²) in [5.41, 5.74) is 2.68. The third-order valence-electron chi connectivity index (χ3n) is 3.82. The maximum atomic E-state index is 5.09. The molecule has 0 bridgehead atoms. The maximum Gasteiger partial charge on any atom is 0.191 e. The molecule has 20 heavy (non-hydrogen) atoms. The fraction of sp³-hybridized carbons (Fsp3) is 0. The molecule has 0 fully saturated rings. The van der Waals surface area contributed by atoms with Gasteiger partial charge in [-0.3, -0.25) is 9.15 Å². The molecule has 0 aliphatic carbocycles. The molecule has 0 saturated carbocycles. The number of nitrogens with zero attached hydrogens (tertiary/aromatic N) is 1. The molecular formula is C17H9NO2. The molecule has 0 aliphatic rings. The Morgan fingerprint density at radius 2 is 1.65 bits per heavy atom. The zero-order valence-corrected chi connectivity index (χ0v) is 10.5. The van der Waals surface area contributed by atoms with Gasteiger partial charge >= 0.3 is 0 Å². The Hall–Kier alpha value is -2.81. The van der Waals surface area contributed by atoms with Crippen LogP contribution in [0.5, 0.6) is 0 Å². The Labute approximate surface area is 113 Å². The summed E-state index contributed by atoms with van der Waals surface area (Å²) < 4.78 is 9.97. The van der Waals surface area contributed by atoms with Crippen LogP contribution in [0, 0.1) is 0 Å². The molecule has 3 aromatic carbocycles. The summed E-state index contributed by atoms with van der Waals surface area (Å²) in [7, 11) is 0. The highest BCUT2D eigenvalue weighted by Crippen LogP contribution is 2.31. The van der Waals surface area contributed by atoms with Crippen molar-refractivity contribution in [2.75, 3.05) is 0 Å². The van der Waals surface area contributed by atoms with E-state index in [9.17, 15) is 0 Å². The monoisotopic (exact) mass is 259 g/mol. The van der Waals surface area contributed by atoms with Gasteiger partial charge in [0, 0.05) is 22.2 Å². The Kier molecular flexibility index (Phi) is 1.70. The third-order valence-corrected chi connectivity index (χ3v) is 3.82. The van der Waals surface area contributed by atoms with Crippen molar-refractivity contribution in [3.8, 4) is 0 Å². The molecule has 0 N–H and O–H groups in total. The molecule has 94 valence electrons. The molecule has 0 aliphatic heterocycles. The minimum Gasteiger partial charge on any atom is -0.297 e. The summed E-state index contributed by atoms with van der Waals surface area (Å²) in [6.45, 7) is 0. The second-order valence-corrected chi connectivity index (χ2v) is 5.04. The number of fused-ring (bicyclic) bond motifs is 5. The number of hydrogen-bond acceptors (Lipinski definition) is 3. The first-order valence-corrected chi connectivity index (χ1v) is 6.48. The summed E-state index contributed by atoms with van der Waals surface area (Å²) >= 11 is 0. The predicted molar refractivity (Wildman–Crippen MR) is 78.8 cm³/mol. The van der Waals surface area contributed by atoms with Crippen LogP contribution in [0.25, 0.3) is 43.5 Å². The van der Waals surface area contributed by atoms with Gasteiger partial charge in [-0.15, -0.1) is 0 Å². The van der Waals surface area contributed by atoms with Crippen LogP contribution < -0.4 is 0 Å². The van der Waals surface area contributed by atoms with Crippen LogP contribution in [0.3, 0.4) is 0 Å². The molecule has 0 saturated heterocycles. The second kappa shape index (κ2) is 3.39. The van der Waals surface area contributed by atoms with E-state index in [1.54, 1.807) is 6.26 Å². The highest BCUT2D eigenvalue weighted by Gasteiger charge is 2.09. The van der Waals surface area contributed by atoms with Gasteiger partial charge in [-0.25, -0.2) is 4.98 Å². The van der Waals surface area contributed by atoms with Gasteiger partial charge in [0.15, 0.2) is 11.8 Å². The topological polar surface area (TPSA) is 39.2 Å². The van der Waals surface area contributed by atoms with Crippen molar-refractivity contribution in [3.63, 3.8) is 0 Å². The van der Waals surface area contributed by atoms with E-state index in [4.69, 9.17) is 14.1 Å². The van der Waals surface area contributed by atoms with Crippen LogP contribution in [-0.2, 0) is 0 Å². The van der Waals surface area contributed by atoms with Gasteiger partial charge in [0.05, 0.1) is 16.4 Å². The minimum atomic E-state index is 0.722. The smallest absolute Gasteiger partial charge is 0.191 e. The van der Waals surface area contributed by atoms with Crippen molar-refractivity contribution in [2.45, 2.75) is 0 Å². The third kappa shape index (κ3) is 1.21. The lowest BCUT2D eigenvalue weighted by molar-refractivity contribution is 0.0792. The fourth-order valence-electron chi connectivity index (χ4n) is 2.86. The largest absolute Gasteiger partial charge is 0.297 e. The molecular weight excluding hydrogens is 250 g/mol. The zero-order chi connectivity index (χ0) is 13.1. The standard InChI is InChI=1S/C17H9NO2/c1-2-4-14-10(3-1)5-12-6-11-7-13-9-19-20-16(13)8-15(11)18-17(12)14/h1-9H. The van der Waals surface area contributed by atoms with Crippen molar-refractivity contribution in [2.24, 2.45) is 0 Å². The molecule has 0 unspecified atom stereocenters. The van der Waals surface area contributed by atoms with E-state index >= 15 is 0 Å². The van der Waals surface area contributed by atoms with Gasteiger partial charge in [0.25, 0.3) is 0 Å². The van der Waals surface area contributed by atoms with Gasteiger partial charge in [0.2, 0.25) is 0 Å². The van der Waals surface area contributed by atoms with Gasteiger partial charge in [0.1, 0.15) is 0 Å². The molecule has 2 aromatic heterocycles. The van der Waals surface area contributed by atoms with Crippen LogP contribution in [0.1, 0.15) is 0 Å². The van der Waals surface area contributed by atoms with Crippen LogP contribution >= 0.6 is 0 Å². The number of pyridine rings is 1. The van der Waals surface area contributed by atoms with E-state index in [1.165, 1.54) is 16.2 Å². The predicted octanol–water partition coefficient (Wildman–Crippen LogP) is 4.88. The second-order valence-electron chi connectivity index (χ2n) is 5.04. The molecule has 0 radical (unpaired) electrons. The van der Waals surface area contributed by atoms with E-state index in [0.29, 0.717) is 0 Å². The van der Waals surface area contributed by atoms with Crippen molar-refractivity contribution in [3.05, 3.63) is 54.8 Å². The first-order chi connectivity index (χ1) is 9.88. The summed E-state index contributed by atoms with van der Waals surface area (Å²) in [5.74, 6) is 0. The Morgan fingerprint density at radius 1 is 0.800 bits per heavy atom. The average Bonchev–Trinajstić information content (AvgIpc) is 3.05. The van der Waals surface area contributed by atoms with Gasteiger partial charge < -0.3 is 0 Å². The molecule has 2 heterocycles. The first kappa shape index (κ1) is 10.0. The fourth-order valence-corrected chi connectivity index (χ4v) is 2.86. The van der Waals surface area contributed by atoms with Crippen LogP contribution in [-0.4, -0.2) is 4.98 Å². The zero-order valence-electron chi connectivity index (χ0n) is 10.5. The van der Waals surface area contributed by atoms with E-state index in [1.807, 2.05) is 18.2 Å². The van der Waals surface area contributed by atoms with E-state index < -0.39 is 0 Å². The van der Waals surface area contributed by atoms with Crippen LogP contribution in [0.4, 0.5) is 0 Å². The van der Waals surface area contributed by atoms with Crippen molar-refractivity contribution < 1.29 is 9.15 Å². The molecule has 0 atom stereocenters. The average molecular weight is 259 g/mol. The van der Waals surface area contributed by atoms with Crippen molar-refractivity contribution in [1.82, 2.24) is 4.98 Å². The number of benzene rings is 2. The molecule has 5 rings (SSSR count). The lowest BCUT2D eigenvalue weighted by Crippen LogP contribution is -1.79. The number of aromatic nitrogens is 1. The van der Waals surface area contributed by atoms with Gasteiger partial charge in [-0.2, -0.15) is 0 Å². The summed E-state index contributed by atoms with van der Waals surface area (Å²) in [5, 5.41) is 5.63. The molecule has 0 spiro atoms. The lowest BCUT2D eigenvalue weighted by atomic mass is 10.1. The Morgan fingerprint density at radius 3 is 2.65 bits per heavy atom. The Bertz CT molecular complexity index is 1100. The summed E-state index contributed by atoms with van der Waals surface area (Å²) in [4.78, 5) is 4.79. The first-order valence-electron chi connectivity index (χ1n) is 6.48. The number of rotatable bonds is 0. The highest BCUT2D eigenvalue weighted by atomic mass is 17.0. The van der Waals surface area contributed by atoms with Gasteiger partial charge in [-0.05, 0) is 23.6 Å². The van der Waals surface area contributed by atoms with E-state index in [2.05, 4.69) is 30.3 Å². The highest BCUT2D eigenvalue weighted by molar-refractivity contribution is 6.13. The van der Waals surface area contributed by atoms with Crippen LogP contribution in [0.2, 0.25) is 0 Å². The minimum absolute atomic E-state index is 0.722. The van der Waals surface area contributed by atoms with E-state index in [0.717, 1.165) is 27.4 Å². The van der Waals surface area contributed by atoms with E-state index in [-0.39, 0.29) is 0 Å². The SMILES string of the molecule is c1ccc2c(c1)cc1cc3cc4cooc4cc3nc12. The van der Waals surface area contributed by atoms with Gasteiger partial charge in [-0.1, -0.05) is 24.3 Å². The molecule has 5 aromatic rings. The van der Waals surface area contributed by atoms with Crippen molar-refractivity contribution >= 4 is 43.5 Å². The Balaban J connectivity index is 2.02.